The van der Waals surface area contributed by atoms with Crippen molar-refractivity contribution in [3.05, 3.63) is 69.0 Å². The first-order valence-corrected chi connectivity index (χ1v) is 8.15. The predicted molar refractivity (Wildman–Crippen MR) is 91.8 cm³/mol. The first-order valence-electron chi connectivity index (χ1n) is 6.90. The van der Waals surface area contributed by atoms with Crippen LogP contribution >= 0.6 is 22.9 Å². The maximum atomic E-state index is 13.1. The molecule has 24 heavy (non-hydrogen) atoms. The fourth-order valence-corrected chi connectivity index (χ4v) is 2.90. The average Bonchev–Trinajstić information content (AvgIpc) is 3.07. The van der Waals surface area contributed by atoms with Crippen molar-refractivity contribution < 1.29 is 9.18 Å². The van der Waals surface area contributed by atoms with Crippen molar-refractivity contribution in [2.75, 3.05) is 5.32 Å². The van der Waals surface area contributed by atoms with Crippen LogP contribution in [0.4, 0.5) is 10.1 Å². The summed E-state index contributed by atoms with van der Waals surface area (Å²) in [6.45, 7) is -0.257. The Morgan fingerprint density at radius 3 is 2.83 bits per heavy atom. The Labute approximate surface area is 145 Å². The molecule has 0 saturated heterocycles. The molecule has 1 aromatic carbocycles. The highest BCUT2D eigenvalue weighted by Crippen LogP contribution is 2.21. The molecule has 8 heteroatoms. The van der Waals surface area contributed by atoms with E-state index in [1.54, 1.807) is 6.07 Å². The number of carbonyl (C=O) groups excluding carboxylic acids is 1. The Morgan fingerprint density at radius 2 is 2.12 bits per heavy atom. The first-order chi connectivity index (χ1) is 11.5. The molecule has 122 valence electrons. The SMILES string of the molecule is O=C(Cn1nc(-c2cccs2)ccc1=O)Nc1ccc(F)c(Cl)c1. The second kappa shape index (κ2) is 6.94. The van der Waals surface area contributed by atoms with Crippen molar-refractivity contribution in [1.29, 1.82) is 0 Å². The number of halogens is 2. The molecule has 2 aromatic heterocycles. The second-order valence-corrected chi connectivity index (χ2v) is 6.22. The van der Waals surface area contributed by atoms with Gasteiger partial charge >= 0.3 is 0 Å². The summed E-state index contributed by atoms with van der Waals surface area (Å²) in [6.07, 6.45) is 0. The fraction of sp³-hybridized carbons (Fsp3) is 0.0625. The lowest BCUT2D eigenvalue weighted by Gasteiger charge is -2.08. The molecule has 5 nitrogen and oxygen atoms in total. The van der Waals surface area contributed by atoms with Crippen molar-refractivity contribution >= 4 is 34.5 Å². The quantitative estimate of drug-likeness (QED) is 0.772. The minimum atomic E-state index is -0.573. The number of rotatable bonds is 4. The number of aromatic nitrogens is 2. The van der Waals surface area contributed by atoms with Gasteiger partial charge in [0, 0.05) is 11.8 Å². The van der Waals surface area contributed by atoms with Crippen LogP contribution in [-0.4, -0.2) is 15.7 Å². The summed E-state index contributed by atoms with van der Waals surface area (Å²) >= 11 is 7.15. The zero-order chi connectivity index (χ0) is 17.1. The summed E-state index contributed by atoms with van der Waals surface area (Å²) in [6, 6.07) is 10.6. The average molecular weight is 364 g/mol. The minimum Gasteiger partial charge on any atom is -0.324 e. The van der Waals surface area contributed by atoms with E-state index in [2.05, 4.69) is 10.4 Å². The van der Waals surface area contributed by atoms with E-state index in [9.17, 15) is 14.0 Å². The molecule has 3 aromatic rings. The Bertz CT molecular complexity index is 941. The van der Waals surface area contributed by atoms with Crippen molar-refractivity contribution in [2.45, 2.75) is 6.54 Å². The second-order valence-electron chi connectivity index (χ2n) is 4.87. The number of nitrogens with one attached hydrogen (secondary N) is 1. The summed E-state index contributed by atoms with van der Waals surface area (Å²) in [4.78, 5) is 24.9. The highest BCUT2D eigenvalue weighted by molar-refractivity contribution is 7.13. The van der Waals surface area contributed by atoms with Crippen molar-refractivity contribution in [3.8, 4) is 10.6 Å². The van der Waals surface area contributed by atoms with E-state index in [-0.39, 0.29) is 17.1 Å². The Balaban J connectivity index is 1.77. The van der Waals surface area contributed by atoms with E-state index >= 15 is 0 Å². The first kappa shape index (κ1) is 16.4. The number of benzene rings is 1. The van der Waals surface area contributed by atoms with Crippen LogP contribution in [0.5, 0.6) is 0 Å². The number of hydrogen-bond donors (Lipinski definition) is 1. The lowest BCUT2D eigenvalue weighted by molar-refractivity contribution is -0.117. The van der Waals surface area contributed by atoms with Gasteiger partial charge in [-0.3, -0.25) is 9.59 Å². The number of nitrogens with zero attached hydrogens (tertiary/aromatic N) is 2. The van der Waals surface area contributed by atoms with E-state index in [4.69, 9.17) is 11.6 Å². The van der Waals surface area contributed by atoms with Crippen molar-refractivity contribution in [3.63, 3.8) is 0 Å². The molecule has 0 radical (unpaired) electrons. The number of thiophene rings is 1. The minimum absolute atomic E-state index is 0.0946. The van der Waals surface area contributed by atoms with Gasteiger partial charge in [-0.1, -0.05) is 17.7 Å². The van der Waals surface area contributed by atoms with Crippen molar-refractivity contribution in [1.82, 2.24) is 9.78 Å². The van der Waals surface area contributed by atoms with Crippen molar-refractivity contribution in [2.24, 2.45) is 0 Å². The van der Waals surface area contributed by atoms with Crippen LogP contribution < -0.4 is 10.9 Å². The van der Waals surface area contributed by atoms with Gasteiger partial charge in [-0.25, -0.2) is 9.07 Å². The van der Waals surface area contributed by atoms with E-state index in [0.29, 0.717) is 11.4 Å². The molecule has 0 spiro atoms. The van der Waals surface area contributed by atoms with E-state index < -0.39 is 11.7 Å². The van der Waals surface area contributed by atoms with Gasteiger partial charge in [0.1, 0.15) is 18.1 Å². The van der Waals surface area contributed by atoms with E-state index in [0.717, 1.165) is 15.6 Å². The molecule has 0 bridgehead atoms. The molecule has 2 heterocycles. The van der Waals surface area contributed by atoms with Gasteiger partial charge in [0.25, 0.3) is 5.56 Å². The number of hydrogen-bond acceptors (Lipinski definition) is 4. The van der Waals surface area contributed by atoms with Gasteiger partial charge < -0.3 is 5.32 Å². The van der Waals surface area contributed by atoms with Crippen LogP contribution in [0, 0.1) is 5.82 Å². The molecule has 0 saturated carbocycles. The van der Waals surface area contributed by atoms with Crippen LogP contribution in [0.25, 0.3) is 10.6 Å². The zero-order valence-corrected chi connectivity index (χ0v) is 13.8. The standard InChI is InChI=1S/C16H11ClFN3O2S/c17-11-8-10(3-4-12(11)18)19-15(22)9-21-16(23)6-5-13(20-21)14-2-1-7-24-14/h1-8H,9H2,(H,19,22). The lowest BCUT2D eigenvalue weighted by Crippen LogP contribution is -2.29. The molecule has 0 aliphatic rings. The smallest absolute Gasteiger partial charge is 0.267 e. The summed E-state index contributed by atoms with van der Waals surface area (Å²) in [5.41, 5.74) is 0.568. The molecule has 1 amide bonds. The summed E-state index contributed by atoms with van der Waals surface area (Å²) in [5, 5.41) is 8.55. The Kier molecular flexibility index (Phi) is 4.73. The maximum absolute atomic E-state index is 13.1. The van der Waals surface area contributed by atoms with E-state index in [1.807, 2.05) is 17.5 Å². The van der Waals surface area contributed by atoms with Gasteiger partial charge in [-0.2, -0.15) is 5.10 Å². The van der Waals surface area contributed by atoms with E-state index in [1.165, 1.54) is 29.5 Å². The molecular weight excluding hydrogens is 353 g/mol. The van der Waals surface area contributed by atoms with Crippen LogP contribution in [0.15, 0.2) is 52.6 Å². The maximum Gasteiger partial charge on any atom is 0.267 e. The van der Waals surface area contributed by atoms with Gasteiger partial charge in [-0.15, -0.1) is 11.3 Å². The molecular formula is C16H11ClFN3O2S. The summed E-state index contributed by atoms with van der Waals surface area (Å²) in [7, 11) is 0. The molecule has 0 fully saturated rings. The largest absolute Gasteiger partial charge is 0.324 e. The predicted octanol–water partition coefficient (Wildman–Crippen LogP) is 3.40. The molecule has 0 atom stereocenters. The van der Waals surface area contributed by atoms with Crippen LogP contribution in [-0.2, 0) is 11.3 Å². The van der Waals surface area contributed by atoms with Crippen LogP contribution in [0.1, 0.15) is 0 Å². The Morgan fingerprint density at radius 1 is 1.29 bits per heavy atom. The third kappa shape index (κ3) is 3.69. The zero-order valence-electron chi connectivity index (χ0n) is 12.2. The highest BCUT2D eigenvalue weighted by atomic mass is 35.5. The van der Waals surface area contributed by atoms with Gasteiger partial charge in [-0.05, 0) is 35.7 Å². The number of anilines is 1. The third-order valence-corrected chi connectivity index (χ3v) is 4.32. The number of amides is 1. The van der Waals surface area contributed by atoms with Gasteiger partial charge in [0.05, 0.1) is 9.90 Å². The molecule has 3 rings (SSSR count). The normalized spacial score (nSPS) is 10.6. The monoisotopic (exact) mass is 363 g/mol. The van der Waals surface area contributed by atoms with Gasteiger partial charge in [0.15, 0.2) is 0 Å². The number of carbonyl (C=O) groups is 1. The van der Waals surface area contributed by atoms with Gasteiger partial charge in [0.2, 0.25) is 5.91 Å². The third-order valence-electron chi connectivity index (χ3n) is 3.14. The van der Waals surface area contributed by atoms with Crippen LogP contribution in [0.2, 0.25) is 5.02 Å². The topological polar surface area (TPSA) is 64.0 Å². The molecule has 0 aliphatic carbocycles. The molecule has 0 aliphatic heterocycles. The molecule has 1 N–H and O–H groups in total. The summed E-state index contributed by atoms with van der Waals surface area (Å²) in [5.74, 6) is -1.04. The fourth-order valence-electron chi connectivity index (χ4n) is 2.03. The molecule has 0 unspecified atom stereocenters. The lowest BCUT2D eigenvalue weighted by atomic mass is 10.3. The highest BCUT2D eigenvalue weighted by Gasteiger charge is 2.10. The summed E-state index contributed by atoms with van der Waals surface area (Å²) < 4.78 is 14.2. The Hall–Kier alpha value is -2.51. The van der Waals surface area contributed by atoms with Crippen LogP contribution in [0.3, 0.4) is 0 Å².